The highest BCUT2D eigenvalue weighted by molar-refractivity contribution is 8.06. The Kier molecular flexibility index (Phi) is 10.6. The third-order valence-electron chi connectivity index (χ3n) is 8.64. The van der Waals surface area contributed by atoms with Crippen molar-refractivity contribution in [1.82, 2.24) is 9.21 Å². The number of piperazine rings is 1. The number of rotatable bonds is 10. The van der Waals surface area contributed by atoms with E-state index >= 15 is 0 Å². The number of nitrogens with zero attached hydrogens (tertiary/aromatic N) is 2. The van der Waals surface area contributed by atoms with Crippen molar-refractivity contribution < 1.29 is 26.4 Å². The van der Waals surface area contributed by atoms with Crippen molar-refractivity contribution in [2.75, 3.05) is 48.2 Å². The molecule has 1 saturated heterocycles. The Morgan fingerprint density at radius 2 is 1.41 bits per heavy atom. The Morgan fingerprint density at radius 1 is 0.783 bits per heavy atom. The monoisotopic (exact) mass is 666 g/mol. The van der Waals surface area contributed by atoms with Crippen LogP contribution in [-0.2, 0) is 31.2 Å². The molecule has 0 bridgehead atoms. The van der Waals surface area contributed by atoms with Crippen LogP contribution in [0.1, 0.15) is 53.6 Å². The van der Waals surface area contributed by atoms with Crippen molar-refractivity contribution in [3.8, 4) is 11.1 Å². The highest BCUT2D eigenvalue weighted by Gasteiger charge is 2.30. The standard InChI is InChI=1S/C34H42N4O6S2/c1-25-8-15-31(36-33(39)28-6-4-3-5-7-28)22-32(25)27-11-13-29(14-12-27)34(40)35-30-16-9-26(10-17-30)23-37-18-20-38(21-19-37)46(43,44)24-45(2,41)42/h8-17,22,28H,3-7,18-21,23-24H2,1-2H3,(H,35,40)(H,36,39). The predicted molar refractivity (Wildman–Crippen MR) is 182 cm³/mol. The minimum atomic E-state index is -3.84. The highest BCUT2D eigenvalue weighted by Crippen LogP contribution is 2.29. The second-order valence-electron chi connectivity index (χ2n) is 12.4. The molecule has 2 fully saturated rings. The van der Waals surface area contributed by atoms with Gasteiger partial charge < -0.3 is 10.6 Å². The second-order valence-corrected chi connectivity index (χ2v) is 16.9. The summed E-state index contributed by atoms with van der Waals surface area (Å²) >= 11 is 0. The summed E-state index contributed by atoms with van der Waals surface area (Å²) < 4.78 is 48.9. The number of aryl methyl sites for hydroxylation is 1. The van der Waals surface area contributed by atoms with Crippen LogP contribution in [0.4, 0.5) is 11.4 Å². The van der Waals surface area contributed by atoms with Crippen molar-refractivity contribution in [3.05, 3.63) is 83.4 Å². The number of carbonyl (C=O) groups excluding carboxylic acids is 2. The van der Waals surface area contributed by atoms with Gasteiger partial charge in [-0.05, 0) is 78.4 Å². The molecule has 0 radical (unpaired) electrons. The number of amides is 2. The first-order valence-corrected chi connectivity index (χ1v) is 19.3. The number of benzene rings is 3. The summed E-state index contributed by atoms with van der Waals surface area (Å²) in [5, 5.41) is 5.17. The Labute approximate surface area is 272 Å². The van der Waals surface area contributed by atoms with Gasteiger partial charge in [-0.1, -0.05) is 49.6 Å². The molecule has 46 heavy (non-hydrogen) atoms. The average Bonchev–Trinajstić information content (AvgIpc) is 3.02. The van der Waals surface area contributed by atoms with Gasteiger partial charge in [0.05, 0.1) is 0 Å². The largest absolute Gasteiger partial charge is 0.326 e. The van der Waals surface area contributed by atoms with Gasteiger partial charge in [-0.3, -0.25) is 14.5 Å². The summed E-state index contributed by atoms with van der Waals surface area (Å²) in [6.45, 7) is 4.12. The molecule has 0 unspecified atom stereocenters. The zero-order chi connectivity index (χ0) is 32.9. The van der Waals surface area contributed by atoms with E-state index in [1.807, 2.05) is 61.5 Å². The van der Waals surface area contributed by atoms with Crippen LogP contribution in [0, 0.1) is 12.8 Å². The quantitative estimate of drug-likeness (QED) is 0.315. The van der Waals surface area contributed by atoms with E-state index in [1.165, 1.54) is 10.7 Å². The van der Waals surface area contributed by atoms with Crippen molar-refractivity contribution in [2.24, 2.45) is 5.92 Å². The molecule has 3 aromatic carbocycles. The van der Waals surface area contributed by atoms with Gasteiger partial charge in [0.1, 0.15) is 0 Å². The third-order valence-corrected chi connectivity index (χ3v) is 12.7. The summed E-state index contributed by atoms with van der Waals surface area (Å²) in [7, 11) is -7.47. The average molecular weight is 667 g/mol. The maximum Gasteiger partial charge on any atom is 0.255 e. The molecule has 0 aromatic heterocycles. The van der Waals surface area contributed by atoms with Crippen LogP contribution >= 0.6 is 0 Å². The lowest BCUT2D eigenvalue weighted by molar-refractivity contribution is -0.120. The van der Waals surface area contributed by atoms with E-state index in [-0.39, 0.29) is 30.8 Å². The number of hydrogen-bond acceptors (Lipinski definition) is 7. The Hall–Kier alpha value is -3.58. The summed E-state index contributed by atoms with van der Waals surface area (Å²) in [5.41, 5.74) is 6.01. The zero-order valence-corrected chi connectivity index (χ0v) is 28.0. The van der Waals surface area contributed by atoms with Gasteiger partial charge in [-0.15, -0.1) is 0 Å². The molecular weight excluding hydrogens is 625 g/mol. The van der Waals surface area contributed by atoms with Gasteiger partial charge in [-0.2, -0.15) is 4.31 Å². The van der Waals surface area contributed by atoms with Gasteiger partial charge in [0.2, 0.25) is 15.9 Å². The zero-order valence-electron chi connectivity index (χ0n) is 26.4. The smallest absolute Gasteiger partial charge is 0.255 e. The molecule has 0 spiro atoms. The maximum atomic E-state index is 13.0. The van der Waals surface area contributed by atoms with Crippen molar-refractivity contribution in [3.63, 3.8) is 0 Å². The normalized spacial score (nSPS) is 17.0. The van der Waals surface area contributed by atoms with Crippen molar-refractivity contribution in [2.45, 2.75) is 45.6 Å². The minimum absolute atomic E-state index is 0.0819. The summed E-state index contributed by atoms with van der Waals surface area (Å²) in [4.78, 5) is 27.9. The molecular formula is C34H42N4O6S2. The van der Waals surface area contributed by atoms with Crippen molar-refractivity contribution >= 4 is 43.0 Å². The topological polar surface area (TPSA) is 133 Å². The van der Waals surface area contributed by atoms with Crippen LogP contribution in [0.5, 0.6) is 0 Å². The fraction of sp³-hybridized carbons (Fsp3) is 0.412. The van der Waals surface area contributed by atoms with E-state index in [0.29, 0.717) is 30.9 Å². The molecule has 2 N–H and O–H groups in total. The molecule has 3 aromatic rings. The van der Waals surface area contributed by atoms with E-state index in [2.05, 4.69) is 15.5 Å². The van der Waals surface area contributed by atoms with Crippen LogP contribution in [0.25, 0.3) is 11.1 Å². The van der Waals surface area contributed by atoms with Gasteiger partial charge in [0.15, 0.2) is 14.9 Å². The first-order chi connectivity index (χ1) is 21.9. The number of anilines is 2. The first kappa shape index (κ1) is 33.8. The van der Waals surface area contributed by atoms with Gasteiger partial charge >= 0.3 is 0 Å². The fourth-order valence-corrected chi connectivity index (χ4v) is 9.57. The van der Waals surface area contributed by atoms with E-state index in [9.17, 15) is 26.4 Å². The molecule has 1 saturated carbocycles. The third kappa shape index (κ3) is 9.03. The number of sulfonamides is 1. The number of hydrogen-bond donors (Lipinski definition) is 2. The fourth-order valence-electron chi connectivity index (χ4n) is 6.09. The Balaban J connectivity index is 1.14. The van der Waals surface area contributed by atoms with Crippen LogP contribution in [0.3, 0.4) is 0 Å². The lowest BCUT2D eigenvalue weighted by atomic mass is 9.88. The predicted octanol–water partition coefficient (Wildman–Crippen LogP) is 4.88. The van der Waals surface area contributed by atoms with Gasteiger partial charge in [0, 0.05) is 61.8 Å². The maximum absolute atomic E-state index is 13.0. The summed E-state index contributed by atoms with van der Waals surface area (Å²) in [6, 6.07) is 20.9. The molecule has 0 atom stereocenters. The lowest BCUT2D eigenvalue weighted by Gasteiger charge is -2.33. The number of sulfone groups is 1. The minimum Gasteiger partial charge on any atom is -0.326 e. The van der Waals surface area contributed by atoms with Crippen molar-refractivity contribution in [1.29, 1.82) is 0 Å². The van der Waals surface area contributed by atoms with E-state index < -0.39 is 24.9 Å². The van der Waals surface area contributed by atoms with Crippen LogP contribution in [0.2, 0.25) is 0 Å². The number of carbonyl (C=O) groups is 2. The Morgan fingerprint density at radius 3 is 2.04 bits per heavy atom. The van der Waals surface area contributed by atoms with Gasteiger partial charge in [0.25, 0.3) is 5.91 Å². The molecule has 1 aliphatic heterocycles. The SMILES string of the molecule is Cc1ccc(NC(=O)C2CCCCC2)cc1-c1ccc(C(=O)Nc2ccc(CN3CCN(S(=O)(=O)CS(C)(=O)=O)CC3)cc2)cc1. The molecule has 2 aliphatic rings. The summed E-state index contributed by atoms with van der Waals surface area (Å²) in [5.74, 6) is -0.0524. The molecule has 1 aliphatic carbocycles. The van der Waals surface area contributed by atoms with Crippen LogP contribution in [0.15, 0.2) is 66.7 Å². The molecule has 2 amide bonds. The molecule has 10 nitrogen and oxygen atoms in total. The Bertz CT molecular complexity index is 1760. The first-order valence-electron chi connectivity index (χ1n) is 15.7. The molecule has 246 valence electrons. The van der Waals surface area contributed by atoms with E-state index in [4.69, 9.17) is 0 Å². The van der Waals surface area contributed by atoms with Crippen LogP contribution in [-0.4, -0.2) is 75.4 Å². The number of nitrogens with one attached hydrogen (secondary N) is 2. The van der Waals surface area contributed by atoms with Gasteiger partial charge in [-0.25, -0.2) is 16.8 Å². The highest BCUT2D eigenvalue weighted by atomic mass is 32.3. The molecule has 5 rings (SSSR count). The van der Waals surface area contributed by atoms with E-state index in [1.54, 1.807) is 12.1 Å². The summed E-state index contributed by atoms with van der Waals surface area (Å²) in [6.07, 6.45) is 6.24. The molecule has 1 heterocycles. The van der Waals surface area contributed by atoms with Crippen LogP contribution < -0.4 is 10.6 Å². The molecule has 12 heteroatoms. The second kappa shape index (κ2) is 14.5. The lowest BCUT2D eigenvalue weighted by Crippen LogP contribution is -2.49. The van der Waals surface area contributed by atoms with E-state index in [0.717, 1.165) is 59.9 Å².